The van der Waals surface area contributed by atoms with Crippen LogP contribution in [0, 0.1) is 5.92 Å². The lowest BCUT2D eigenvalue weighted by Gasteiger charge is -2.47. The van der Waals surface area contributed by atoms with E-state index < -0.39 is 5.60 Å². The number of β-amino-alcohol motifs (C(OH)–C–C–N with tert-alkyl or cyclic N) is 1. The fraction of sp³-hybridized carbons (Fsp3) is 0.571. The highest BCUT2D eigenvalue weighted by Gasteiger charge is 2.53. The van der Waals surface area contributed by atoms with Crippen LogP contribution in [0.15, 0.2) is 18.3 Å². The van der Waals surface area contributed by atoms with Gasteiger partial charge in [0.25, 0.3) is 0 Å². The number of hydrogen-bond donors (Lipinski definition) is 1. The summed E-state index contributed by atoms with van der Waals surface area (Å²) in [5, 5.41) is 10.8. The summed E-state index contributed by atoms with van der Waals surface area (Å²) in [4.78, 5) is 19.8. The van der Waals surface area contributed by atoms with Gasteiger partial charge in [-0.15, -0.1) is 0 Å². The number of amides is 1. The molecule has 2 heterocycles. The summed E-state index contributed by atoms with van der Waals surface area (Å²) in [6.45, 7) is 1.20. The van der Waals surface area contributed by atoms with E-state index in [0.717, 1.165) is 12.8 Å². The fourth-order valence-corrected chi connectivity index (χ4v) is 2.76. The summed E-state index contributed by atoms with van der Waals surface area (Å²) < 4.78 is 0. The number of rotatable bonds is 4. The Balaban J connectivity index is 1.53. The van der Waals surface area contributed by atoms with Gasteiger partial charge in [0.1, 0.15) is 11.4 Å². The van der Waals surface area contributed by atoms with Crippen LogP contribution in [0.3, 0.4) is 0 Å². The Labute approximate surface area is 123 Å². The van der Waals surface area contributed by atoms with E-state index in [2.05, 4.69) is 4.98 Å². The molecule has 0 radical (unpaired) electrons. The molecular weight excluding hydrogens is 278 g/mol. The van der Waals surface area contributed by atoms with Crippen molar-refractivity contribution in [1.29, 1.82) is 0 Å². The van der Waals surface area contributed by atoms with Crippen molar-refractivity contribution in [2.45, 2.75) is 18.4 Å². The Hall–Kier alpha value is -1.33. The molecule has 0 spiro atoms. The Morgan fingerprint density at radius 3 is 2.80 bits per heavy atom. The maximum Gasteiger partial charge on any atom is 0.242 e. The van der Waals surface area contributed by atoms with Crippen molar-refractivity contribution in [3.8, 4) is 0 Å². The Kier molecular flexibility index (Phi) is 3.34. The summed E-state index contributed by atoms with van der Waals surface area (Å²) >= 11 is 5.79. The largest absolute Gasteiger partial charge is 0.386 e. The lowest BCUT2D eigenvalue weighted by atomic mass is 9.88. The lowest BCUT2D eigenvalue weighted by Crippen LogP contribution is -2.65. The first-order chi connectivity index (χ1) is 9.48. The molecule has 2 aliphatic rings. The molecule has 0 aromatic carbocycles. The van der Waals surface area contributed by atoms with Crippen molar-refractivity contribution >= 4 is 23.3 Å². The first kappa shape index (κ1) is 13.6. The predicted octanol–water partition coefficient (Wildman–Crippen LogP) is 1.15. The second-order valence-corrected chi connectivity index (χ2v) is 6.25. The normalized spacial score (nSPS) is 20.4. The topological polar surface area (TPSA) is 56.7 Å². The molecule has 1 saturated heterocycles. The van der Waals surface area contributed by atoms with Gasteiger partial charge in [-0.25, -0.2) is 4.98 Å². The monoisotopic (exact) mass is 295 g/mol. The Morgan fingerprint density at radius 2 is 2.25 bits per heavy atom. The number of anilines is 1. The van der Waals surface area contributed by atoms with E-state index in [-0.39, 0.29) is 12.5 Å². The molecule has 3 rings (SSSR count). The van der Waals surface area contributed by atoms with Gasteiger partial charge in [-0.1, -0.05) is 11.6 Å². The quantitative estimate of drug-likeness (QED) is 0.905. The first-order valence-corrected chi connectivity index (χ1v) is 7.18. The molecule has 1 saturated carbocycles. The van der Waals surface area contributed by atoms with E-state index >= 15 is 0 Å². The van der Waals surface area contributed by atoms with Gasteiger partial charge >= 0.3 is 0 Å². The van der Waals surface area contributed by atoms with Crippen LogP contribution in [0.4, 0.5) is 5.82 Å². The fourth-order valence-electron chi connectivity index (χ4n) is 2.65. The molecule has 108 valence electrons. The SMILES string of the molecule is CN(CC(=O)N1CC(O)(C2CC2)C1)c1ccc(Cl)cn1. The number of likely N-dealkylation sites (tertiary alicyclic amines) is 1. The van der Waals surface area contributed by atoms with Crippen molar-refractivity contribution in [1.82, 2.24) is 9.88 Å². The number of carbonyl (C=O) groups is 1. The van der Waals surface area contributed by atoms with Gasteiger partial charge < -0.3 is 14.9 Å². The zero-order chi connectivity index (χ0) is 14.3. The van der Waals surface area contributed by atoms with E-state index in [1.807, 2.05) is 7.05 Å². The van der Waals surface area contributed by atoms with Gasteiger partial charge in [-0.3, -0.25) is 4.79 Å². The third-order valence-electron chi connectivity index (χ3n) is 4.09. The number of aromatic nitrogens is 1. The highest BCUT2D eigenvalue weighted by Crippen LogP contribution is 2.44. The Morgan fingerprint density at radius 1 is 1.55 bits per heavy atom. The molecule has 1 aromatic heterocycles. The van der Waals surface area contributed by atoms with Crippen molar-refractivity contribution in [3.63, 3.8) is 0 Å². The van der Waals surface area contributed by atoms with Crippen molar-refractivity contribution in [2.24, 2.45) is 5.92 Å². The predicted molar refractivity (Wildman–Crippen MR) is 76.8 cm³/mol. The van der Waals surface area contributed by atoms with E-state index in [9.17, 15) is 9.90 Å². The third-order valence-corrected chi connectivity index (χ3v) is 4.32. The number of likely N-dealkylation sites (N-methyl/N-ethyl adjacent to an activating group) is 1. The number of carbonyl (C=O) groups excluding carboxylic acids is 1. The van der Waals surface area contributed by atoms with Crippen LogP contribution in [0.5, 0.6) is 0 Å². The molecule has 1 amide bonds. The molecule has 1 aliphatic carbocycles. The molecule has 20 heavy (non-hydrogen) atoms. The smallest absolute Gasteiger partial charge is 0.242 e. The number of hydrogen-bond acceptors (Lipinski definition) is 4. The highest BCUT2D eigenvalue weighted by atomic mass is 35.5. The van der Waals surface area contributed by atoms with Gasteiger partial charge in [-0.05, 0) is 30.9 Å². The molecule has 1 aliphatic heterocycles. The average Bonchev–Trinajstić information content (AvgIpc) is 3.20. The molecule has 2 fully saturated rings. The summed E-state index contributed by atoms with van der Waals surface area (Å²) in [5.74, 6) is 1.14. The van der Waals surface area contributed by atoms with E-state index in [1.165, 1.54) is 0 Å². The minimum Gasteiger partial charge on any atom is -0.386 e. The molecule has 1 N–H and O–H groups in total. The second-order valence-electron chi connectivity index (χ2n) is 5.82. The van der Waals surface area contributed by atoms with E-state index in [0.29, 0.717) is 29.8 Å². The molecular formula is C14H18ClN3O2. The Bertz CT molecular complexity index is 510. The van der Waals surface area contributed by atoms with Gasteiger partial charge in [0.15, 0.2) is 0 Å². The van der Waals surface area contributed by atoms with E-state index in [1.54, 1.807) is 28.1 Å². The summed E-state index contributed by atoms with van der Waals surface area (Å²) in [6.07, 6.45) is 3.74. The van der Waals surface area contributed by atoms with Crippen LogP contribution in [-0.2, 0) is 4.79 Å². The lowest BCUT2D eigenvalue weighted by molar-refractivity contribution is -0.157. The van der Waals surface area contributed by atoms with Crippen molar-refractivity contribution in [2.75, 3.05) is 31.6 Å². The maximum absolute atomic E-state index is 12.1. The van der Waals surface area contributed by atoms with Crippen LogP contribution in [0.1, 0.15) is 12.8 Å². The first-order valence-electron chi connectivity index (χ1n) is 6.81. The van der Waals surface area contributed by atoms with Crippen molar-refractivity contribution < 1.29 is 9.90 Å². The number of nitrogens with zero attached hydrogens (tertiary/aromatic N) is 3. The summed E-state index contributed by atoms with van der Waals surface area (Å²) in [5.41, 5.74) is -0.618. The van der Waals surface area contributed by atoms with E-state index in [4.69, 9.17) is 11.6 Å². The van der Waals surface area contributed by atoms with Crippen LogP contribution < -0.4 is 4.90 Å². The van der Waals surface area contributed by atoms with Crippen molar-refractivity contribution in [3.05, 3.63) is 23.4 Å². The van der Waals surface area contributed by atoms with Gasteiger partial charge in [0.05, 0.1) is 24.7 Å². The number of halogens is 1. The zero-order valence-electron chi connectivity index (χ0n) is 11.4. The number of aliphatic hydroxyl groups is 1. The molecule has 0 atom stereocenters. The van der Waals surface area contributed by atoms with Crippen LogP contribution in [-0.4, -0.2) is 53.2 Å². The average molecular weight is 296 g/mol. The molecule has 6 heteroatoms. The summed E-state index contributed by atoms with van der Waals surface area (Å²) in [6, 6.07) is 3.53. The van der Waals surface area contributed by atoms with Crippen LogP contribution in [0.25, 0.3) is 0 Å². The molecule has 0 unspecified atom stereocenters. The standard InChI is InChI=1S/C14H18ClN3O2/c1-17(12-5-4-11(15)6-16-12)7-13(19)18-8-14(20,9-18)10-2-3-10/h4-6,10,20H,2-3,7-9H2,1H3. The zero-order valence-corrected chi connectivity index (χ0v) is 12.2. The van der Waals surface area contributed by atoms with Gasteiger partial charge in [0, 0.05) is 13.2 Å². The third kappa shape index (κ3) is 2.60. The van der Waals surface area contributed by atoms with Crippen LogP contribution >= 0.6 is 11.6 Å². The molecule has 0 bridgehead atoms. The van der Waals surface area contributed by atoms with Crippen LogP contribution in [0.2, 0.25) is 5.02 Å². The van der Waals surface area contributed by atoms with Gasteiger partial charge in [0.2, 0.25) is 5.91 Å². The molecule has 1 aromatic rings. The maximum atomic E-state index is 12.1. The summed E-state index contributed by atoms with van der Waals surface area (Å²) in [7, 11) is 1.82. The highest BCUT2D eigenvalue weighted by molar-refractivity contribution is 6.30. The number of pyridine rings is 1. The minimum atomic E-state index is -0.618. The van der Waals surface area contributed by atoms with Gasteiger partial charge in [-0.2, -0.15) is 0 Å². The molecule has 5 nitrogen and oxygen atoms in total. The minimum absolute atomic E-state index is 0.0228. The second kappa shape index (κ2) is 4.90.